The Morgan fingerprint density at radius 2 is 1.97 bits per heavy atom. The van der Waals surface area contributed by atoms with Gasteiger partial charge in [0.15, 0.2) is 0 Å². The Balaban J connectivity index is 1.31. The van der Waals surface area contributed by atoms with E-state index in [1.54, 1.807) is 0 Å². The molecule has 0 bridgehead atoms. The fourth-order valence-electron chi connectivity index (χ4n) is 5.23. The van der Waals surface area contributed by atoms with Crippen LogP contribution in [0.5, 0.6) is 0 Å². The van der Waals surface area contributed by atoms with Crippen molar-refractivity contribution in [3.63, 3.8) is 0 Å². The van der Waals surface area contributed by atoms with E-state index in [2.05, 4.69) is 16.3 Å². The van der Waals surface area contributed by atoms with Crippen LogP contribution in [0.3, 0.4) is 0 Å². The van der Waals surface area contributed by atoms with E-state index in [-0.39, 0.29) is 42.3 Å². The first kappa shape index (κ1) is 25.8. The number of Topliss-reactive ketones (excluding diaryl/α,β-unsaturated/α-hetero) is 1. The molecule has 9 nitrogen and oxygen atoms in total. The van der Waals surface area contributed by atoms with Gasteiger partial charge in [-0.15, -0.1) is 0 Å². The number of hydrogen-bond acceptors (Lipinski definition) is 6. The van der Waals surface area contributed by atoms with E-state index in [0.717, 1.165) is 36.2 Å². The highest BCUT2D eigenvalue weighted by Gasteiger charge is 2.46. The molecule has 5 rings (SSSR count). The number of carbonyl (C=O) groups excluding carboxylic acids is 2. The van der Waals surface area contributed by atoms with E-state index < -0.39 is 17.6 Å². The fourth-order valence-corrected chi connectivity index (χ4v) is 5.23. The summed E-state index contributed by atoms with van der Waals surface area (Å²) in [7, 11) is 0. The second-order valence-corrected chi connectivity index (χ2v) is 10.4. The molecule has 1 aliphatic heterocycles. The fraction of sp³-hybridized carbons (Fsp3) is 0.464. The van der Waals surface area contributed by atoms with Crippen molar-refractivity contribution in [1.29, 1.82) is 5.26 Å². The van der Waals surface area contributed by atoms with Gasteiger partial charge in [0.25, 0.3) is 5.91 Å². The maximum absolute atomic E-state index is 15.9. The van der Waals surface area contributed by atoms with E-state index in [9.17, 15) is 14.9 Å². The van der Waals surface area contributed by atoms with Crippen LogP contribution < -0.4 is 5.73 Å². The molecule has 1 saturated heterocycles. The van der Waals surface area contributed by atoms with E-state index in [0.29, 0.717) is 19.5 Å². The second-order valence-electron chi connectivity index (χ2n) is 10.4. The van der Waals surface area contributed by atoms with Crippen molar-refractivity contribution >= 4 is 11.7 Å². The van der Waals surface area contributed by atoms with Crippen molar-refractivity contribution < 1.29 is 14.0 Å². The van der Waals surface area contributed by atoms with Crippen LogP contribution >= 0.6 is 0 Å². The van der Waals surface area contributed by atoms with Crippen molar-refractivity contribution in [1.82, 2.24) is 24.5 Å². The number of aromatic nitrogens is 4. The van der Waals surface area contributed by atoms with Crippen molar-refractivity contribution in [2.24, 2.45) is 11.7 Å². The molecule has 2 aromatic heterocycles. The number of benzene rings is 1. The molecule has 1 amide bonds. The molecule has 2 atom stereocenters. The van der Waals surface area contributed by atoms with Crippen LogP contribution in [0, 0.1) is 17.2 Å². The number of amides is 1. The van der Waals surface area contributed by atoms with Gasteiger partial charge >= 0.3 is 0 Å². The summed E-state index contributed by atoms with van der Waals surface area (Å²) in [5.74, 6) is -0.683. The quantitative estimate of drug-likeness (QED) is 0.441. The third-order valence-electron chi connectivity index (χ3n) is 7.76. The van der Waals surface area contributed by atoms with Crippen molar-refractivity contribution in [3.05, 3.63) is 59.5 Å². The molecule has 198 valence electrons. The summed E-state index contributed by atoms with van der Waals surface area (Å²) in [6.45, 7) is 4.09. The van der Waals surface area contributed by atoms with Crippen LogP contribution in [0.4, 0.5) is 4.39 Å². The number of primary amides is 1. The number of nitrogens with two attached hydrogens (primary N) is 1. The Morgan fingerprint density at radius 3 is 2.58 bits per heavy atom. The van der Waals surface area contributed by atoms with E-state index in [1.165, 1.54) is 10.9 Å². The molecule has 38 heavy (non-hydrogen) atoms. The number of likely N-dealkylation sites (tertiary alicyclic amines) is 1. The predicted molar refractivity (Wildman–Crippen MR) is 139 cm³/mol. The maximum Gasteiger partial charge on any atom is 0.252 e. The zero-order valence-electron chi connectivity index (χ0n) is 21.5. The average molecular weight is 518 g/mol. The first-order valence-electron chi connectivity index (χ1n) is 13.1. The lowest BCUT2D eigenvalue weighted by atomic mass is 9.83. The predicted octanol–water partition coefficient (Wildman–Crippen LogP) is 3.24. The van der Waals surface area contributed by atoms with E-state index in [1.807, 2.05) is 53.0 Å². The minimum absolute atomic E-state index is 0.00363. The first-order valence-corrected chi connectivity index (χ1v) is 13.1. The lowest BCUT2D eigenvalue weighted by molar-refractivity contribution is -0.119. The normalized spacial score (nSPS) is 21.8. The number of halogens is 1. The molecule has 2 N–H and O–H groups in total. The van der Waals surface area contributed by atoms with Gasteiger partial charge in [0.1, 0.15) is 17.5 Å². The number of nitriles is 1. The minimum atomic E-state index is -1.40. The largest absolute Gasteiger partial charge is 0.365 e. The topological polar surface area (TPSA) is 123 Å². The smallest absolute Gasteiger partial charge is 0.252 e. The van der Waals surface area contributed by atoms with Crippen LogP contribution in [0.25, 0.3) is 11.3 Å². The molecule has 3 heterocycles. The van der Waals surface area contributed by atoms with Crippen LogP contribution in [0.1, 0.15) is 54.2 Å². The number of piperidine rings is 1. The molecule has 2 fully saturated rings. The standard InChI is InChI=1S/C28H32FN7O2/c1-2-35-13-9-23(32-35)20-5-3-19(4-6-20)16-34-14-11-28(10-12-30,26(29)18-34)36-17-22(27(31)38)24(33-36)15-25(37)21-7-8-21/h3-6,9,13,17,21,26H,2,7-8,10-11,14-16,18H2,1H3,(H2,31,38). The molecule has 1 aliphatic carbocycles. The highest BCUT2D eigenvalue weighted by molar-refractivity contribution is 5.95. The summed E-state index contributed by atoms with van der Waals surface area (Å²) in [5.41, 5.74) is 7.72. The number of nitrogens with zero attached hydrogens (tertiary/aromatic N) is 6. The van der Waals surface area contributed by atoms with Gasteiger partial charge in [-0.2, -0.15) is 15.5 Å². The zero-order valence-corrected chi connectivity index (χ0v) is 21.5. The molecular formula is C28H32FN7O2. The third-order valence-corrected chi connectivity index (χ3v) is 7.76. The van der Waals surface area contributed by atoms with Gasteiger partial charge in [-0.1, -0.05) is 24.3 Å². The lowest BCUT2D eigenvalue weighted by Crippen LogP contribution is -2.54. The van der Waals surface area contributed by atoms with Crippen LogP contribution in [-0.2, 0) is 29.8 Å². The van der Waals surface area contributed by atoms with Gasteiger partial charge < -0.3 is 5.73 Å². The highest BCUT2D eigenvalue weighted by Crippen LogP contribution is 2.37. The molecule has 2 aliphatic rings. The number of rotatable bonds is 10. The molecule has 10 heteroatoms. The number of carbonyl (C=O) groups is 2. The molecule has 2 unspecified atom stereocenters. The zero-order chi connectivity index (χ0) is 26.9. The monoisotopic (exact) mass is 517 g/mol. The number of hydrogen-bond donors (Lipinski definition) is 1. The van der Waals surface area contributed by atoms with Gasteiger partial charge in [-0.3, -0.25) is 23.9 Å². The van der Waals surface area contributed by atoms with Gasteiger partial charge in [-0.05, 0) is 37.8 Å². The number of aryl methyl sites for hydroxylation is 1. The highest BCUT2D eigenvalue weighted by atomic mass is 19.1. The van der Waals surface area contributed by atoms with Gasteiger partial charge in [-0.25, -0.2) is 4.39 Å². The summed E-state index contributed by atoms with van der Waals surface area (Å²) in [5, 5.41) is 18.6. The van der Waals surface area contributed by atoms with Crippen LogP contribution in [0.15, 0.2) is 42.7 Å². The number of ketones is 1. The lowest BCUT2D eigenvalue weighted by Gasteiger charge is -2.43. The second kappa shape index (κ2) is 10.5. The third kappa shape index (κ3) is 5.11. The summed E-state index contributed by atoms with van der Waals surface area (Å²) in [6.07, 6.45) is 3.90. The van der Waals surface area contributed by atoms with Gasteiger partial charge in [0.2, 0.25) is 0 Å². The Hall–Kier alpha value is -3.84. The van der Waals surface area contributed by atoms with Crippen molar-refractivity contribution in [3.8, 4) is 17.3 Å². The van der Waals surface area contributed by atoms with Gasteiger partial charge in [0, 0.05) is 50.1 Å². The van der Waals surface area contributed by atoms with E-state index >= 15 is 4.39 Å². The van der Waals surface area contributed by atoms with Gasteiger partial charge in [0.05, 0.1) is 35.9 Å². The Morgan fingerprint density at radius 1 is 1.21 bits per heavy atom. The average Bonchev–Trinajstić information content (AvgIpc) is 3.50. The molecular weight excluding hydrogens is 485 g/mol. The van der Waals surface area contributed by atoms with Crippen LogP contribution in [0.2, 0.25) is 0 Å². The Labute approximate surface area is 221 Å². The maximum atomic E-state index is 15.9. The molecule has 0 spiro atoms. The molecule has 1 saturated carbocycles. The SMILES string of the molecule is CCn1ccc(-c2ccc(CN3CCC(CC#N)(n4cc(C(N)=O)c(CC(=O)C5CC5)n4)C(F)C3)cc2)n1. The summed E-state index contributed by atoms with van der Waals surface area (Å²) in [6, 6.07) is 12.2. The Kier molecular flexibility index (Phi) is 7.13. The molecule has 1 aromatic carbocycles. The van der Waals surface area contributed by atoms with E-state index in [4.69, 9.17) is 5.73 Å². The number of alkyl halides is 1. The molecule has 3 aromatic rings. The van der Waals surface area contributed by atoms with Crippen molar-refractivity contribution in [2.75, 3.05) is 13.1 Å². The Bertz CT molecular complexity index is 1370. The summed E-state index contributed by atoms with van der Waals surface area (Å²) < 4.78 is 19.2. The minimum Gasteiger partial charge on any atom is -0.365 e. The van der Waals surface area contributed by atoms with Crippen LogP contribution in [-0.4, -0.2) is 55.4 Å². The summed E-state index contributed by atoms with van der Waals surface area (Å²) in [4.78, 5) is 26.5. The molecule has 0 radical (unpaired) electrons. The first-order chi connectivity index (χ1) is 18.3. The van der Waals surface area contributed by atoms with Crippen molar-refractivity contribution in [2.45, 2.75) is 63.8 Å². The summed E-state index contributed by atoms with van der Waals surface area (Å²) >= 11 is 0.